The molecule has 1 atom stereocenters. The molecule has 4 nitrogen and oxygen atoms in total. The molecule has 0 saturated carbocycles. The quantitative estimate of drug-likeness (QED) is 0.808. The molecule has 0 aliphatic heterocycles. The lowest BCUT2D eigenvalue weighted by Gasteiger charge is -2.29. The predicted octanol–water partition coefficient (Wildman–Crippen LogP) is 4.34. The van der Waals surface area contributed by atoms with E-state index in [0.717, 1.165) is 35.4 Å². The third-order valence-corrected chi connectivity index (χ3v) is 4.38. The molecule has 1 aliphatic rings. The Bertz CT molecular complexity index is 666. The molecule has 4 heteroatoms. The number of rotatable bonds is 4. The summed E-state index contributed by atoms with van der Waals surface area (Å²) in [6.45, 7) is 12.5. The van der Waals surface area contributed by atoms with Crippen LogP contribution >= 0.6 is 0 Å². The minimum Gasteiger partial charge on any atom is -0.373 e. The summed E-state index contributed by atoms with van der Waals surface area (Å²) in [5.41, 5.74) is 8.44. The second kappa shape index (κ2) is 7.20. The van der Waals surface area contributed by atoms with Gasteiger partial charge in [0.25, 0.3) is 5.91 Å². The minimum atomic E-state index is -0.351. The average Bonchev–Trinajstić information content (AvgIpc) is 2.46. The van der Waals surface area contributed by atoms with E-state index in [0.29, 0.717) is 0 Å². The first-order valence-electron chi connectivity index (χ1n) is 8.54. The van der Waals surface area contributed by atoms with Crippen LogP contribution in [-0.4, -0.2) is 17.7 Å². The molecule has 2 rings (SSSR count). The number of aryl methyl sites for hydroxylation is 2. The Morgan fingerprint density at radius 1 is 1.17 bits per heavy atom. The molecular formula is C20H29N3O. The Morgan fingerprint density at radius 2 is 1.79 bits per heavy atom. The third kappa shape index (κ3) is 4.70. The van der Waals surface area contributed by atoms with Crippen molar-refractivity contribution in [1.29, 1.82) is 0 Å². The minimum absolute atomic E-state index is 0.125. The molecule has 1 amide bonds. The number of hydrogen-bond donors (Lipinski definition) is 2. The summed E-state index contributed by atoms with van der Waals surface area (Å²) < 4.78 is 0. The summed E-state index contributed by atoms with van der Waals surface area (Å²) in [5, 5.41) is 7.63. The van der Waals surface area contributed by atoms with Gasteiger partial charge in [0.05, 0.1) is 5.71 Å². The normalized spacial score (nSPS) is 19.6. The highest BCUT2D eigenvalue weighted by Gasteiger charge is 2.25. The fourth-order valence-electron chi connectivity index (χ4n) is 3.31. The number of benzene rings is 1. The number of carbonyl (C=O) groups is 1. The van der Waals surface area contributed by atoms with E-state index in [4.69, 9.17) is 0 Å². The SMILES string of the molecule is CC1=C/C(=N/NC(=O)C(C)Nc2c(C)cccc2C)CC(C)(C)C1. The van der Waals surface area contributed by atoms with Gasteiger partial charge >= 0.3 is 0 Å². The van der Waals surface area contributed by atoms with Crippen LogP contribution in [0, 0.1) is 19.3 Å². The molecule has 0 heterocycles. The molecule has 24 heavy (non-hydrogen) atoms. The number of nitrogens with zero attached hydrogens (tertiary/aromatic N) is 1. The zero-order valence-corrected chi connectivity index (χ0v) is 15.7. The van der Waals surface area contributed by atoms with E-state index >= 15 is 0 Å². The third-order valence-electron chi connectivity index (χ3n) is 4.38. The lowest BCUT2D eigenvalue weighted by Crippen LogP contribution is -2.36. The molecule has 0 aromatic heterocycles. The van der Waals surface area contributed by atoms with E-state index in [9.17, 15) is 4.79 Å². The number of carbonyl (C=O) groups excluding carboxylic acids is 1. The monoisotopic (exact) mass is 327 g/mol. The summed E-state index contributed by atoms with van der Waals surface area (Å²) in [6.07, 6.45) is 4.03. The number of anilines is 1. The lowest BCUT2D eigenvalue weighted by atomic mass is 9.77. The van der Waals surface area contributed by atoms with Gasteiger partial charge in [0.1, 0.15) is 6.04 Å². The van der Waals surface area contributed by atoms with E-state index in [-0.39, 0.29) is 17.4 Å². The molecule has 2 N–H and O–H groups in total. The molecular weight excluding hydrogens is 298 g/mol. The molecule has 0 bridgehead atoms. The topological polar surface area (TPSA) is 53.5 Å². The van der Waals surface area contributed by atoms with Crippen LogP contribution in [0.1, 0.15) is 51.7 Å². The number of allylic oxidation sites excluding steroid dienone is 2. The Hall–Kier alpha value is -2.10. The largest absolute Gasteiger partial charge is 0.373 e. The fourth-order valence-corrected chi connectivity index (χ4v) is 3.31. The van der Waals surface area contributed by atoms with Crippen LogP contribution in [0.2, 0.25) is 0 Å². The molecule has 1 unspecified atom stereocenters. The van der Waals surface area contributed by atoms with Gasteiger partial charge < -0.3 is 5.32 Å². The molecule has 1 aliphatic carbocycles. The van der Waals surface area contributed by atoms with Crippen molar-refractivity contribution in [3.63, 3.8) is 0 Å². The van der Waals surface area contributed by atoms with Crippen molar-refractivity contribution < 1.29 is 4.79 Å². The van der Waals surface area contributed by atoms with Crippen LogP contribution in [0.15, 0.2) is 34.9 Å². The first kappa shape index (κ1) is 18.2. The van der Waals surface area contributed by atoms with E-state index in [1.165, 1.54) is 5.57 Å². The van der Waals surface area contributed by atoms with Gasteiger partial charge in [-0.25, -0.2) is 5.43 Å². The first-order valence-corrected chi connectivity index (χ1v) is 8.54. The summed E-state index contributed by atoms with van der Waals surface area (Å²) in [4.78, 5) is 12.4. The van der Waals surface area contributed by atoms with Gasteiger partial charge in [-0.1, -0.05) is 37.6 Å². The van der Waals surface area contributed by atoms with Crippen LogP contribution in [0.4, 0.5) is 5.69 Å². The highest BCUT2D eigenvalue weighted by atomic mass is 16.2. The van der Waals surface area contributed by atoms with Crippen molar-refractivity contribution in [3.8, 4) is 0 Å². The summed E-state index contributed by atoms with van der Waals surface area (Å²) in [5.74, 6) is -0.125. The van der Waals surface area contributed by atoms with Crippen molar-refractivity contribution in [2.45, 2.75) is 60.4 Å². The Labute approximate surface area is 145 Å². The Balaban J connectivity index is 2.02. The van der Waals surface area contributed by atoms with E-state index in [1.807, 2.05) is 39.0 Å². The number of para-hydroxylation sites is 1. The van der Waals surface area contributed by atoms with Gasteiger partial charge in [-0.3, -0.25) is 4.79 Å². The lowest BCUT2D eigenvalue weighted by molar-refractivity contribution is -0.121. The van der Waals surface area contributed by atoms with Gasteiger partial charge in [0, 0.05) is 5.69 Å². The molecule has 130 valence electrons. The predicted molar refractivity (Wildman–Crippen MR) is 101 cm³/mol. The van der Waals surface area contributed by atoms with Crippen LogP contribution in [0.5, 0.6) is 0 Å². The summed E-state index contributed by atoms with van der Waals surface area (Å²) in [6, 6.07) is 5.75. The maximum Gasteiger partial charge on any atom is 0.262 e. The summed E-state index contributed by atoms with van der Waals surface area (Å²) >= 11 is 0. The van der Waals surface area contributed by atoms with Crippen LogP contribution in [0.3, 0.4) is 0 Å². The second-order valence-electron chi connectivity index (χ2n) is 7.72. The van der Waals surface area contributed by atoms with Crippen LogP contribution in [-0.2, 0) is 4.79 Å². The zero-order chi connectivity index (χ0) is 17.9. The molecule has 0 radical (unpaired) electrons. The Morgan fingerprint density at radius 3 is 2.38 bits per heavy atom. The summed E-state index contributed by atoms with van der Waals surface area (Å²) in [7, 11) is 0. The number of hydrogen-bond acceptors (Lipinski definition) is 3. The molecule has 1 aromatic rings. The molecule has 0 fully saturated rings. The zero-order valence-electron chi connectivity index (χ0n) is 15.7. The van der Waals surface area contributed by atoms with Crippen molar-refractivity contribution >= 4 is 17.3 Å². The van der Waals surface area contributed by atoms with Gasteiger partial charge in [0.15, 0.2) is 0 Å². The highest BCUT2D eigenvalue weighted by Crippen LogP contribution is 2.33. The van der Waals surface area contributed by atoms with Gasteiger partial charge in [0.2, 0.25) is 0 Å². The molecule has 0 saturated heterocycles. The van der Waals surface area contributed by atoms with Gasteiger partial charge in [-0.05, 0) is 63.2 Å². The smallest absolute Gasteiger partial charge is 0.262 e. The van der Waals surface area contributed by atoms with E-state index in [1.54, 1.807) is 0 Å². The average molecular weight is 327 g/mol. The second-order valence-corrected chi connectivity index (χ2v) is 7.72. The van der Waals surface area contributed by atoms with Crippen LogP contribution in [0.25, 0.3) is 0 Å². The van der Waals surface area contributed by atoms with Gasteiger partial charge in [-0.15, -0.1) is 0 Å². The first-order chi connectivity index (χ1) is 11.2. The van der Waals surface area contributed by atoms with Crippen molar-refractivity contribution in [2.75, 3.05) is 5.32 Å². The number of amides is 1. The van der Waals surface area contributed by atoms with Crippen molar-refractivity contribution in [2.24, 2.45) is 10.5 Å². The van der Waals surface area contributed by atoms with Crippen LogP contribution < -0.4 is 10.7 Å². The number of hydrazone groups is 1. The van der Waals surface area contributed by atoms with Crippen molar-refractivity contribution in [1.82, 2.24) is 5.43 Å². The standard InChI is InChI=1S/C20H29N3O/c1-13-10-17(12-20(5,6)11-13)22-23-19(24)16(4)21-18-14(2)8-7-9-15(18)3/h7-10,16,21H,11-12H2,1-6H3,(H,23,24)/b22-17-. The fraction of sp³-hybridized carbons (Fsp3) is 0.500. The Kier molecular flexibility index (Phi) is 5.47. The number of nitrogens with one attached hydrogen (secondary N) is 2. The molecule has 0 spiro atoms. The van der Waals surface area contributed by atoms with E-state index in [2.05, 4.69) is 42.7 Å². The highest BCUT2D eigenvalue weighted by molar-refractivity contribution is 5.97. The maximum absolute atomic E-state index is 12.4. The maximum atomic E-state index is 12.4. The molecule has 1 aromatic carbocycles. The van der Waals surface area contributed by atoms with E-state index < -0.39 is 0 Å². The van der Waals surface area contributed by atoms with Crippen molar-refractivity contribution in [3.05, 3.63) is 41.0 Å². The van der Waals surface area contributed by atoms with Gasteiger partial charge in [-0.2, -0.15) is 5.10 Å².